The molecule has 3 nitrogen and oxygen atoms in total. The number of rotatable bonds is 3. The summed E-state index contributed by atoms with van der Waals surface area (Å²) < 4.78 is 27.1. The van der Waals surface area contributed by atoms with Gasteiger partial charge in [-0.25, -0.2) is 8.78 Å². The number of piperazine rings is 1. The van der Waals surface area contributed by atoms with Gasteiger partial charge in [0.1, 0.15) is 0 Å². The van der Waals surface area contributed by atoms with E-state index in [9.17, 15) is 8.78 Å². The molecule has 112 valence electrons. The Morgan fingerprint density at radius 3 is 2.50 bits per heavy atom. The van der Waals surface area contributed by atoms with Crippen LogP contribution in [0, 0.1) is 23.0 Å². The minimum Gasteiger partial charge on any atom is -0.314 e. The molecule has 0 unspecified atom stereocenters. The van der Waals surface area contributed by atoms with Gasteiger partial charge in [0.05, 0.1) is 18.5 Å². The Morgan fingerprint density at radius 1 is 1.25 bits per heavy atom. The van der Waals surface area contributed by atoms with Crippen LogP contribution in [0.3, 0.4) is 0 Å². The summed E-state index contributed by atoms with van der Waals surface area (Å²) in [6.07, 6.45) is 0.167. The number of nitrogens with zero attached hydrogens (tertiary/aromatic N) is 2. The van der Waals surface area contributed by atoms with Crippen LogP contribution in [0.4, 0.5) is 8.78 Å². The van der Waals surface area contributed by atoms with Crippen LogP contribution in [-0.2, 0) is 0 Å². The van der Waals surface area contributed by atoms with Crippen LogP contribution >= 0.6 is 24.8 Å². The molecule has 7 heteroatoms. The van der Waals surface area contributed by atoms with E-state index in [1.54, 1.807) is 6.07 Å². The fourth-order valence-electron chi connectivity index (χ4n) is 2.29. The molecule has 0 aromatic heterocycles. The standard InChI is InChI=1S/C13H15F2N3.2ClH/c14-11-3-1-2-10(13(11)15)12(4-5-16)18-8-6-17-7-9-18;;/h1-3,12,17H,4,6-9H2;2*1H/t12-;;/m1../s1. The van der Waals surface area contributed by atoms with E-state index in [1.807, 2.05) is 4.90 Å². The van der Waals surface area contributed by atoms with Crippen LogP contribution in [0.15, 0.2) is 18.2 Å². The van der Waals surface area contributed by atoms with Crippen LogP contribution in [0.5, 0.6) is 0 Å². The number of hydrogen-bond donors (Lipinski definition) is 1. The van der Waals surface area contributed by atoms with Gasteiger partial charge in [-0.15, -0.1) is 24.8 Å². The fraction of sp³-hybridized carbons (Fsp3) is 0.462. The second-order valence-electron chi connectivity index (χ2n) is 4.31. The summed E-state index contributed by atoms with van der Waals surface area (Å²) in [5, 5.41) is 12.1. The lowest BCUT2D eigenvalue weighted by Gasteiger charge is -2.34. The van der Waals surface area contributed by atoms with E-state index >= 15 is 0 Å². The summed E-state index contributed by atoms with van der Waals surface area (Å²) in [5.74, 6) is -1.69. The van der Waals surface area contributed by atoms with Gasteiger partial charge in [-0.2, -0.15) is 5.26 Å². The Hall–Kier alpha value is -0.930. The van der Waals surface area contributed by atoms with Gasteiger partial charge in [0.15, 0.2) is 11.6 Å². The average molecular weight is 324 g/mol. The van der Waals surface area contributed by atoms with Gasteiger partial charge in [0, 0.05) is 31.7 Å². The lowest BCUT2D eigenvalue weighted by atomic mass is 10.0. The molecule has 1 atom stereocenters. The molecule has 20 heavy (non-hydrogen) atoms. The first-order valence-corrected chi connectivity index (χ1v) is 5.99. The number of halogens is 4. The van der Waals surface area contributed by atoms with Crippen LogP contribution < -0.4 is 5.32 Å². The van der Waals surface area contributed by atoms with Crippen molar-refractivity contribution in [1.82, 2.24) is 10.2 Å². The lowest BCUT2D eigenvalue weighted by Crippen LogP contribution is -2.45. The van der Waals surface area contributed by atoms with Gasteiger partial charge in [0.25, 0.3) is 0 Å². The smallest absolute Gasteiger partial charge is 0.163 e. The van der Waals surface area contributed by atoms with Crippen molar-refractivity contribution in [2.45, 2.75) is 12.5 Å². The van der Waals surface area contributed by atoms with Crippen LogP contribution in [0.25, 0.3) is 0 Å². The van der Waals surface area contributed by atoms with Crippen molar-refractivity contribution >= 4 is 24.8 Å². The van der Waals surface area contributed by atoms with E-state index in [0.717, 1.165) is 32.2 Å². The van der Waals surface area contributed by atoms with E-state index < -0.39 is 11.6 Å². The van der Waals surface area contributed by atoms with Crippen LogP contribution in [0.2, 0.25) is 0 Å². The molecule has 2 rings (SSSR count). The van der Waals surface area contributed by atoms with Crippen LogP contribution in [-0.4, -0.2) is 31.1 Å². The molecule has 0 aliphatic carbocycles. The zero-order valence-corrected chi connectivity index (χ0v) is 12.4. The number of nitrogens with one attached hydrogen (secondary N) is 1. The summed E-state index contributed by atoms with van der Waals surface area (Å²) in [7, 11) is 0. The zero-order valence-electron chi connectivity index (χ0n) is 10.8. The second-order valence-corrected chi connectivity index (χ2v) is 4.31. The molecule has 1 saturated heterocycles. The molecule has 1 heterocycles. The van der Waals surface area contributed by atoms with Gasteiger partial charge < -0.3 is 5.32 Å². The minimum atomic E-state index is -0.856. The highest BCUT2D eigenvalue weighted by atomic mass is 35.5. The van der Waals surface area contributed by atoms with Gasteiger partial charge in [-0.3, -0.25) is 4.90 Å². The highest BCUT2D eigenvalue weighted by molar-refractivity contribution is 5.85. The van der Waals surface area contributed by atoms with E-state index in [1.165, 1.54) is 6.07 Å². The summed E-state index contributed by atoms with van der Waals surface area (Å²) in [6, 6.07) is 5.83. The van der Waals surface area contributed by atoms with Gasteiger partial charge in [-0.1, -0.05) is 12.1 Å². The van der Waals surface area contributed by atoms with Crippen molar-refractivity contribution in [3.05, 3.63) is 35.4 Å². The molecular formula is C13H17Cl2F2N3. The van der Waals surface area contributed by atoms with E-state index in [0.29, 0.717) is 0 Å². The number of hydrogen-bond acceptors (Lipinski definition) is 3. The first-order chi connectivity index (χ1) is 8.74. The number of nitriles is 1. The second kappa shape index (κ2) is 9.09. The van der Waals surface area contributed by atoms with Crippen molar-refractivity contribution < 1.29 is 8.78 Å². The summed E-state index contributed by atoms with van der Waals surface area (Å²) >= 11 is 0. The molecule has 1 fully saturated rings. The molecule has 1 aliphatic heterocycles. The fourth-order valence-corrected chi connectivity index (χ4v) is 2.29. The summed E-state index contributed by atoms with van der Waals surface area (Å²) in [4.78, 5) is 2.03. The van der Waals surface area contributed by atoms with Crippen molar-refractivity contribution in [2.24, 2.45) is 0 Å². The first kappa shape index (κ1) is 19.1. The Bertz CT molecular complexity index is 459. The third kappa shape index (κ3) is 4.29. The largest absolute Gasteiger partial charge is 0.314 e. The molecule has 0 amide bonds. The molecule has 0 spiro atoms. The van der Waals surface area contributed by atoms with Crippen molar-refractivity contribution in [2.75, 3.05) is 26.2 Å². The Morgan fingerprint density at radius 2 is 1.90 bits per heavy atom. The molecule has 1 aromatic carbocycles. The topological polar surface area (TPSA) is 39.1 Å². The van der Waals surface area contributed by atoms with Gasteiger partial charge in [-0.05, 0) is 6.07 Å². The highest BCUT2D eigenvalue weighted by Gasteiger charge is 2.25. The summed E-state index contributed by atoms with van der Waals surface area (Å²) in [5.41, 5.74) is 0.276. The van der Waals surface area contributed by atoms with E-state index in [4.69, 9.17) is 5.26 Å². The average Bonchev–Trinajstić information content (AvgIpc) is 2.41. The maximum Gasteiger partial charge on any atom is 0.163 e. The molecule has 0 saturated carbocycles. The molecule has 1 aliphatic rings. The van der Waals surface area contributed by atoms with Crippen molar-refractivity contribution in [3.8, 4) is 6.07 Å². The highest BCUT2D eigenvalue weighted by Crippen LogP contribution is 2.27. The molecule has 1 aromatic rings. The molecule has 0 bridgehead atoms. The quantitative estimate of drug-likeness (QED) is 0.929. The molecular weight excluding hydrogens is 307 g/mol. The predicted octanol–water partition coefficient (Wildman–Crippen LogP) is 2.67. The molecule has 1 N–H and O–H groups in total. The van der Waals surface area contributed by atoms with Crippen LogP contribution in [0.1, 0.15) is 18.0 Å². The lowest BCUT2D eigenvalue weighted by molar-refractivity contribution is 0.171. The Balaban J connectivity index is 0.00000180. The van der Waals surface area contributed by atoms with E-state index in [2.05, 4.69) is 11.4 Å². The SMILES string of the molecule is Cl.Cl.N#CC[C@H](c1cccc(F)c1F)N1CCNCC1. The van der Waals surface area contributed by atoms with E-state index in [-0.39, 0.29) is 42.8 Å². The minimum absolute atomic E-state index is 0. The third-order valence-corrected chi connectivity index (χ3v) is 3.22. The first-order valence-electron chi connectivity index (χ1n) is 5.99. The third-order valence-electron chi connectivity index (χ3n) is 3.22. The van der Waals surface area contributed by atoms with Gasteiger partial charge in [0.2, 0.25) is 0 Å². The predicted molar refractivity (Wildman–Crippen MR) is 78.3 cm³/mol. The zero-order chi connectivity index (χ0) is 13.0. The summed E-state index contributed by atoms with van der Waals surface area (Å²) in [6.45, 7) is 3.09. The monoisotopic (exact) mass is 323 g/mol. The maximum atomic E-state index is 13.8. The Labute approximate surface area is 129 Å². The van der Waals surface area contributed by atoms with Crippen molar-refractivity contribution in [1.29, 1.82) is 5.26 Å². The Kier molecular flexibility index (Phi) is 8.67. The van der Waals surface area contributed by atoms with Gasteiger partial charge >= 0.3 is 0 Å². The van der Waals surface area contributed by atoms with Crippen molar-refractivity contribution in [3.63, 3.8) is 0 Å². The normalized spacial score (nSPS) is 16.4. The molecule has 0 radical (unpaired) electrons. The maximum absolute atomic E-state index is 13.8. The number of benzene rings is 1.